The second-order valence-electron chi connectivity index (χ2n) is 9.95. The molecule has 2 atom stereocenters. The summed E-state index contributed by atoms with van der Waals surface area (Å²) < 4.78 is 46.4. The number of hydrogen-bond donors (Lipinski definition) is 1. The molecule has 0 aromatic carbocycles. The maximum Gasteiger partial charge on any atom is 0.410 e. The molecule has 13 heteroatoms. The number of fused-ring (bicyclic) bond motifs is 1. The van der Waals surface area contributed by atoms with Gasteiger partial charge < -0.3 is 15.0 Å². The summed E-state index contributed by atoms with van der Waals surface area (Å²) in [5, 5.41) is 7.56. The molecule has 2 saturated heterocycles. The molecule has 4 heterocycles. The van der Waals surface area contributed by atoms with Crippen molar-refractivity contribution in [3.63, 3.8) is 0 Å². The van der Waals surface area contributed by atoms with Crippen LogP contribution < -0.4 is 5.32 Å². The predicted octanol–water partition coefficient (Wildman–Crippen LogP) is 2.02. The summed E-state index contributed by atoms with van der Waals surface area (Å²) in [5.74, 6) is 1.14. The number of aromatic nitrogens is 4. The molecular formula is C21H32FN7O4S. The van der Waals surface area contributed by atoms with Gasteiger partial charge in [0.05, 0.1) is 24.7 Å². The minimum atomic E-state index is -3.42. The van der Waals surface area contributed by atoms with Crippen molar-refractivity contribution >= 4 is 27.6 Å². The van der Waals surface area contributed by atoms with E-state index in [0.717, 1.165) is 34.7 Å². The Balaban J connectivity index is 1.42. The zero-order valence-corrected chi connectivity index (χ0v) is 20.8. The van der Waals surface area contributed by atoms with Crippen molar-refractivity contribution in [3.8, 4) is 0 Å². The van der Waals surface area contributed by atoms with E-state index >= 15 is 0 Å². The number of alkyl halides is 1. The Morgan fingerprint density at radius 1 is 1.15 bits per heavy atom. The smallest absolute Gasteiger partial charge is 0.410 e. The van der Waals surface area contributed by atoms with Gasteiger partial charge in [-0.15, -0.1) is 5.10 Å². The average Bonchev–Trinajstić information content (AvgIpc) is 3.16. The van der Waals surface area contributed by atoms with Gasteiger partial charge in [0.2, 0.25) is 16.0 Å². The summed E-state index contributed by atoms with van der Waals surface area (Å²) >= 11 is 0. The Bertz CT molecular complexity index is 1140. The summed E-state index contributed by atoms with van der Waals surface area (Å²) in [6.45, 7) is 6.72. The van der Waals surface area contributed by atoms with E-state index in [1.165, 1.54) is 0 Å². The molecule has 188 valence electrons. The van der Waals surface area contributed by atoms with Crippen molar-refractivity contribution in [2.45, 2.75) is 63.8 Å². The number of likely N-dealkylation sites (tertiary alicyclic amines) is 1. The molecule has 2 aliphatic heterocycles. The van der Waals surface area contributed by atoms with Crippen LogP contribution in [0.2, 0.25) is 0 Å². The van der Waals surface area contributed by atoms with Gasteiger partial charge in [0.25, 0.3) is 0 Å². The van der Waals surface area contributed by atoms with Gasteiger partial charge >= 0.3 is 6.09 Å². The normalized spacial score (nSPS) is 23.3. The van der Waals surface area contributed by atoms with E-state index < -0.39 is 27.8 Å². The summed E-state index contributed by atoms with van der Waals surface area (Å²) in [7, 11) is -3.42. The third-order valence-electron chi connectivity index (χ3n) is 6.10. The molecule has 2 aromatic heterocycles. The van der Waals surface area contributed by atoms with Crippen LogP contribution in [-0.4, -0.2) is 93.5 Å². The van der Waals surface area contributed by atoms with Crippen LogP contribution in [0.3, 0.4) is 0 Å². The molecule has 0 unspecified atom stereocenters. The number of halogens is 1. The highest BCUT2D eigenvalue weighted by molar-refractivity contribution is 7.88. The third kappa shape index (κ3) is 5.57. The lowest BCUT2D eigenvalue weighted by atomic mass is 9.96. The highest BCUT2D eigenvalue weighted by Gasteiger charge is 2.34. The van der Waals surface area contributed by atoms with Crippen LogP contribution in [0.25, 0.3) is 5.52 Å². The van der Waals surface area contributed by atoms with Gasteiger partial charge in [0.1, 0.15) is 23.1 Å². The molecular weight excluding hydrogens is 465 g/mol. The predicted molar refractivity (Wildman–Crippen MR) is 124 cm³/mol. The number of imidazole rings is 1. The lowest BCUT2D eigenvalue weighted by Gasteiger charge is -2.33. The van der Waals surface area contributed by atoms with E-state index in [9.17, 15) is 17.6 Å². The minimum Gasteiger partial charge on any atom is -0.444 e. The second kappa shape index (κ2) is 9.25. The summed E-state index contributed by atoms with van der Waals surface area (Å²) in [4.78, 5) is 22.9. The number of carbonyl (C=O) groups excluding carboxylic acids is 1. The van der Waals surface area contributed by atoms with E-state index in [0.29, 0.717) is 19.5 Å². The fourth-order valence-electron chi connectivity index (χ4n) is 4.32. The maximum absolute atomic E-state index is 14.7. The van der Waals surface area contributed by atoms with Gasteiger partial charge in [0.15, 0.2) is 0 Å². The molecule has 1 amide bonds. The molecule has 0 radical (unpaired) electrons. The van der Waals surface area contributed by atoms with Crippen LogP contribution in [0.5, 0.6) is 0 Å². The zero-order chi connectivity index (χ0) is 24.7. The quantitative estimate of drug-likeness (QED) is 0.681. The Hall–Kier alpha value is -2.54. The fourth-order valence-corrected chi connectivity index (χ4v) is 5.17. The van der Waals surface area contributed by atoms with Crippen LogP contribution in [-0.2, 0) is 14.8 Å². The van der Waals surface area contributed by atoms with Crippen LogP contribution >= 0.6 is 0 Å². The topological polar surface area (TPSA) is 122 Å². The first-order valence-corrected chi connectivity index (χ1v) is 13.3. The zero-order valence-electron chi connectivity index (χ0n) is 19.9. The largest absolute Gasteiger partial charge is 0.444 e. The molecule has 0 saturated carbocycles. The van der Waals surface area contributed by atoms with Gasteiger partial charge in [-0.3, -0.25) is 0 Å². The minimum absolute atomic E-state index is 0.107. The maximum atomic E-state index is 14.7. The van der Waals surface area contributed by atoms with Crippen LogP contribution in [0.1, 0.15) is 51.8 Å². The monoisotopic (exact) mass is 497 g/mol. The molecule has 2 fully saturated rings. The Morgan fingerprint density at radius 2 is 1.82 bits per heavy atom. The number of piperidine rings is 2. The van der Waals surface area contributed by atoms with Crippen molar-refractivity contribution in [2.75, 3.05) is 37.8 Å². The first-order chi connectivity index (χ1) is 15.9. The molecule has 0 bridgehead atoms. The van der Waals surface area contributed by atoms with Crippen LogP contribution in [0.15, 0.2) is 12.4 Å². The Kier molecular flexibility index (Phi) is 6.69. The number of carbonyl (C=O) groups is 1. The van der Waals surface area contributed by atoms with Gasteiger partial charge in [-0.25, -0.2) is 32.1 Å². The second-order valence-corrected chi connectivity index (χ2v) is 11.9. The summed E-state index contributed by atoms with van der Waals surface area (Å²) in [6, 6.07) is -0.584. The number of amides is 1. The van der Waals surface area contributed by atoms with E-state index in [1.807, 2.05) is 20.8 Å². The summed E-state index contributed by atoms with van der Waals surface area (Å²) in [6.07, 6.45) is 4.49. The van der Waals surface area contributed by atoms with Gasteiger partial charge in [-0.1, -0.05) is 0 Å². The fraction of sp³-hybridized carbons (Fsp3) is 0.714. The molecule has 1 N–H and O–H groups in total. The van der Waals surface area contributed by atoms with Crippen LogP contribution in [0.4, 0.5) is 15.1 Å². The number of rotatable bonds is 4. The highest BCUT2D eigenvalue weighted by atomic mass is 32.2. The number of ether oxygens (including phenoxy) is 1. The number of sulfonamides is 1. The molecule has 11 nitrogen and oxygen atoms in total. The van der Waals surface area contributed by atoms with Crippen molar-refractivity contribution in [2.24, 2.45) is 0 Å². The molecule has 2 aromatic rings. The molecule has 34 heavy (non-hydrogen) atoms. The van der Waals surface area contributed by atoms with Gasteiger partial charge in [-0.05, 0) is 40.0 Å². The van der Waals surface area contributed by atoms with Crippen molar-refractivity contribution < 1.29 is 22.3 Å². The van der Waals surface area contributed by atoms with Crippen molar-refractivity contribution in [1.82, 2.24) is 28.8 Å². The number of anilines is 1. The lowest BCUT2D eigenvalue weighted by Crippen LogP contribution is -2.49. The summed E-state index contributed by atoms with van der Waals surface area (Å²) in [5.41, 5.74) is 0.187. The van der Waals surface area contributed by atoms with Crippen molar-refractivity contribution in [1.29, 1.82) is 0 Å². The molecule has 0 spiro atoms. The molecule has 4 rings (SSSR count). The number of hydrogen-bond acceptors (Lipinski definition) is 8. The first-order valence-electron chi connectivity index (χ1n) is 11.4. The van der Waals surface area contributed by atoms with Gasteiger partial charge in [-0.2, -0.15) is 4.31 Å². The van der Waals surface area contributed by atoms with E-state index in [4.69, 9.17) is 4.74 Å². The Labute approximate surface area is 198 Å². The molecule has 2 aliphatic rings. The van der Waals surface area contributed by atoms with Crippen LogP contribution in [0, 0.1) is 0 Å². The average molecular weight is 498 g/mol. The highest BCUT2D eigenvalue weighted by Crippen LogP contribution is 2.28. The number of nitrogens with one attached hydrogen (secondary N) is 1. The molecule has 0 aliphatic carbocycles. The van der Waals surface area contributed by atoms with Gasteiger partial charge in [0, 0.05) is 32.1 Å². The van der Waals surface area contributed by atoms with E-state index in [1.54, 1.807) is 21.8 Å². The van der Waals surface area contributed by atoms with Crippen molar-refractivity contribution in [3.05, 3.63) is 18.2 Å². The standard InChI is InChI=1S/C21H32FN7O4S/c1-21(2,3)33-20(30)27-8-5-14(6-9-27)18-23-11-15-12-24-19(26-29(15)18)25-17-7-10-28(13-16(17)22)34(4,31)32/h11-12,14,16-17H,5-10,13H2,1-4H3,(H,25,26)/t16-,17-/m1/s1. The van der Waals surface area contributed by atoms with E-state index in [-0.39, 0.29) is 31.0 Å². The Morgan fingerprint density at radius 3 is 2.44 bits per heavy atom. The van der Waals surface area contributed by atoms with E-state index in [2.05, 4.69) is 20.4 Å². The SMILES string of the molecule is CC(C)(C)OC(=O)N1CCC(c2ncc3cnc(N[C@@H]4CCN(S(C)(=O)=O)C[C@H]4F)nn23)CC1. The first kappa shape index (κ1) is 24.6. The third-order valence-corrected chi connectivity index (χ3v) is 7.37. The lowest BCUT2D eigenvalue weighted by molar-refractivity contribution is 0.0203. The number of nitrogens with zero attached hydrogens (tertiary/aromatic N) is 6.